The van der Waals surface area contributed by atoms with Crippen LogP contribution in [0.3, 0.4) is 0 Å². The lowest BCUT2D eigenvalue weighted by molar-refractivity contribution is 0.123. The van der Waals surface area contributed by atoms with Gasteiger partial charge in [0.2, 0.25) is 0 Å². The van der Waals surface area contributed by atoms with Crippen LogP contribution in [0.2, 0.25) is 0 Å². The van der Waals surface area contributed by atoms with Crippen molar-refractivity contribution in [3.63, 3.8) is 0 Å². The van der Waals surface area contributed by atoms with E-state index in [0.717, 1.165) is 17.7 Å². The van der Waals surface area contributed by atoms with E-state index < -0.39 is 13.6 Å². The summed E-state index contributed by atoms with van der Waals surface area (Å²) >= 11 is 0. The van der Waals surface area contributed by atoms with Gasteiger partial charge in [-0.2, -0.15) is 0 Å². The minimum atomic E-state index is -2.89. The van der Waals surface area contributed by atoms with E-state index in [0.29, 0.717) is 21.8 Å². The quantitative estimate of drug-likeness (QED) is 0.481. The number of alkyl halides is 2. The minimum Gasteiger partial charge on any atom is -0.464 e. The molecule has 5 heteroatoms. The molecular formula is C18H13F2O2P. The smallest absolute Gasteiger partial charge is 0.270 e. The highest BCUT2D eigenvalue weighted by molar-refractivity contribution is 7.74. The molecule has 2 heterocycles. The first-order valence-corrected chi connectivity index (χ1v) is 8.50. The Bertz CT molecular complexity index is 907. The molecule has 4 rings (SSSR count). The molecule has 0 radical (unpaired) electrons. The molecule has 2 aromatic carbocycles. The van der Waals surface area contributed by atoms with Gasteiger partial charge in [0.1, 0.15) is 23.7 Å². The van der Waals surface area contributed by atoms with Gasteiger partial charge in [0.05, 0.1) is 0 Å². The van der Waals surface area contributed by atoms with E-state index in [1.54, 1.807) is 12.1 Å². The van der Waals surface area contributed by atoms with Gasteiger partial charge in [0.25, 0.3) is 5.66 Å². The van der Waals surface area contributed by atoms with Gasteiger partial charge in [-0.05, 0) is 12.1 Å². The van der Waals surface area contributed by atoms with Gasteiger partial charge in [0.15, 0.2) is 0 Å². The molecule has 2 aromatic heterocycles. The Hall–Kier alpha value is -2.19. The molecule has 116 valence electrons. The summed E-state index contributed by atoms with van der Waals surface area (Å²) in [5, 5.41) is 2.53. The summed E-state index contributed by atoms with van der Waals surface area (Å²) in [5.74, 6) is 0. The molecule has 0 aliphatic rings. The predicted molar refractivity (Wildman–Crippen MR) is 89.2 cm³/mol. The highest BCUT2D eigenvalue weighted by Gasteiger charge is 2.40. The highest BCUT2D eigenvalue weighted by atomic mass is 31.1. The SMILES string of the molecule is CC(F)(F)P(c1coc2ccccc12)c1coc2ccccc12. The molecule has 2 nitrogen and oxygen atoms in total. The first kappa shape index (κ1) is 14.4. The monoisotopic (exact) mass is 330 g/mol. The molecule has 0 N–H and O–H groups in total. The number of para-hydroxylation sites is 2. The number of furan rings is 2. The minimum absolute atomic E-state index is 0.537. The number of hydrogen-bond donors (Lipinski definition) is 0. The Morgan fingerprint density at radius 1 is 0.783 bits per heavy atom. The van der Waals surface area contributed by atoms with Crippen LogP contribution in [0.1, 0.15) is 6.92 Å². The molecule has 0 amide bonds. The standard InChI is InChI=1S/C18H13F2O2P/c1-18(19,20)23(16-10-21-14-8-4-2-6-12(14)16)17-11-22-15-9-5-3-7-13(15)17/h2-11H,1H3. The van der Waals surface area contributed by atoms with E-state index in [1.165, 1.54) is 12.5 Å². The maximum atomic E-state index is 14.5. The third-order valence-electron chi connectivity index (χ3n) is 3.80. The van der Waals surface area contributed by atoms with E-state index in [9.17, 15) is 8.78 Å². The van der Waals surface area contributed by atoms with Crippen LogP contribution in [-0.4, -0.2) is 5.66 Å². The molecule has 23 heavy (non-hydrogen) atoms. The molecule has 0 saturated carbocycles. The average molecular weight is 330 g/mol. The molecular weight excluding hydrogens is 317 g/mol. The van der Waals surface area contributed by atoms with Crippen LogP contribution >= 0.6 is 7.92 Å². The van der Waals surface area contributed by atoms with Gasteiger partial charge < -0.3 is 8.83 Å². The maximum Gasteiger partial charge on any atom is 0.270 e. The summed E-state index contributed by atoms with van der Waals surface area (Å²) < 4.78 is 40.0. The van der Waals surface area contributed by atoms with Gasteiger partial charge in [-0.15, -0.1) is 0 Å². The molecule has 0 saturated heterocycles. The van der Waals surface area contributed by atoms with Crippen LogP contribution in [0.4, 0.5) is 8.78 Å². The fraction of sp³-hybridized carbons (Fsp3) is 0.111. The second kappa shape index (κ2) is 5.17. The first-order chi connectivity index (χ1) is 11.1. The lowest BCUT2D eigenvalue weighted by Gasteiger charge is -2.22. The van der Waals surface area contributed by atoms with Crippen molar-refractivity contribution in [2.75, 3.05) is 0 Å². The topological polar surface area (TPSA) is 26.3 Å². The Kier molecular flexibility index (Phi) is 3.24. The zero-order valence-electron chi connectivity index (χ0n) is 12.3. The van der Waals surface area contributed by atoms with Crippen molar-refractivity contribution in [3.8, 4) is 0 Å². The second-order valence-corrected chi connectivity index (χ2v) is 7.83. The lowest BCUT2D eigenvalue weighted by atomic mass is 10.3. The van der Waals surface area contributed by atoms with Crippen molar-refractivity contribution in [1.29, 1.82) is 0 Å². The van der Waals surface area contributed by atoms with Crippen LogP contribution in [0.15, 0.2) is 69.9 Å². The Balaban J connectivity index is 1.99. The fourth-order valence-corrected chi connectivity index (χ4v) is 5.10. The van der Waals surface area contributed by atoms with Gasteiger partial charge in [0, 0.05) is 36.2 Å². The summed E-state index contributed by atoms with van der Waals surface area (Å²) in [6.07, 6.45) is 2.91. The maximum absolute atomic E-state index is 14.5. The van der Waals surface area contributed by atoms with Crippen LogP contribution < -0.4 is 10.6 Å². The predicted octanol–water partition coefficient (Wildman–Crippen LogP) is 5.22. The number of halogens is 2. The number of hydrogen-bond acceptors (Lipinski definition) is 2. The molecule has 4 aromatic rings. The van der Waals surface area contributed by atoms with Crippen molar-refractivity contribution in [3.05, 3.63) is 61.1 Å². The molecule has 0 aliphatic carbocycles. The largest absolute Gasteiger partial charge is 0.464 e. The van der Waals surface area contributed by atoms with Crippen molar-refractivity contribution in [2.24, 2.45) is 0 Å². The second-order valence-electron chi connectivity index (χ2n) is 5.41. The van der Waals surface area contributed by atoms with Crippen molar-refractivity contribution < 1.29 is 17.6 Å². The molecule has 0 bridgehead atoms. The highest BCUT2D eigenvalue weighted by Crippen LogP contribution is 2.52. The zero-order valence-corrected chi connectivity index (χ0v) is 13.2. The number of fused-ring (bicyclic) bond motifs is 2. The van der Waals surface area contributed by atoms with Crippen LogP contribution in [-0.2, 0) is 0 Å². The average Bonchev–Trinajstić information content (AvgIpc) is 3.12. The summed E-state index contributed by atoms with van der Waals surface area (Å²) in [6.45, 7) is 0.961. The summed E-state index contributed by atoms with van der Waals surface area (Å²) in [6, 6.07) is 14.5. The van der Waals surface area contributed by atoms with E-state index in [2.05, 4.69) is 0 Å². The fourth-order valence-electron chi connectivity index (χ4n) is 2.83. The molecule has 0 spiro atoms. The van der Waals surface area contributed by atoms with Crippen molar-refractivity contribution >= 4 is 40.5 Å². The van der Waals surface area contributed by atoms with Gasteiger partial charge in [-0.3, -0.25) is 0 Å². The summed E-state index contributed by atoms with van der Waals surface area (Å²) in [5.41, 5.74) is -1.66. The van der Waals surface area contributed by atoms with E-state index in [-0.39, 0.29) is 0 Å². The van der Waals surface area contributed by atoms with Crippen LogP contribution in [0.25, 0.3) is 21.9 Å². The Morgan fingerprint density at radius 2 is 1.22 bits per heavy atom. The third kappa shape index (κ3) is 2.34. The third-order valence-corrected chi connectivity index (χ3v) is 6.24. The van der Waals surface area contributed by atoms with Gasteiger partial charge in [-0.25, -0.2) is 8.78 Å². The Morgan fingerprint density at radius 3 is 1.65 bits per heavy atom. The number of rotatable bonds is 3. The van der Waals surface area contributed by atoms with Crippen molar-refractivity contribution in [2.45, 2.75) is 12.6 Å². The molecule has 0 unspecified atom stereocenters. The van der Waals surface area contributed by atoms with Crippen LogP contribution in [0.5, 0.6) is 0 Å². The summed E-state index contributed by atoms with van der Waals surface area (Å²) in [4.78, 5) is 0. The Labute approximate surface area is 132 Å². The normalized spacial score (nSPS) is 12.5. The summed E-state index contributed by atoms with van der Waals surface area (Å²) in [7, 11) is -1.94. The lowest BCUT2D eigenvalue weighted by Crippen LogP contribution is -2.23. The van der Waals surface area contributed by atoms with Crippen LogP contribution in [0, 0.1) is 0 Å². The number of benzene rings is 2. The van der Waals surface area contributed by atoms with Crippen molar-refractivity contribution in [1.82, 2.24) is 0 Å². The van der Waals surface area contributed by atoms with E-state index in [1.807, 2.05) is 36.4 Å². The molecule has 0 aliphatic heterocycles. The molecule has 0 fully saturated rings. The first-order valence-electron chi connectivity index (χ1n) is 7.16. The van der Waals surface area contributed by atoms with Gasteiger partial charge >= 0.3 is 0 Å². The zero-order chi connectivity index (χ0) is 16.0. The van der Waals surface area contributed by atoms with E-state index >= 15 is 0 Å². The van der Waals surface area contributed by atoms with Gasteiger partial charge in [-0.1, -0.05) is 36.4 Å². The van der Waals surface area contributed by atoms with E-state index in [4.69, 9.17) is 8.83 Å². The molecule has 0 atom stereocenters.